The normalized spacial score (nSPS) is 20.2. The maximum atomic E-state index is 9.99. The summed E-state index contributed by atoms with van der Waals surface area (Å²) >= 11 is 0. The molecule has 1 aliphatic rings. The molecule has 78 valence electrons. The minimum Gasteiger partial charge on any atom is -0.383 e. The van der Waals surface area contributed by atoms with Crippen molar-refractivity contribution in [2.24, 2.45) is 5.73 Å². The van der Waals surface area contributed by atoms with Gasteiger partial charge >= 0.3 is 0 Å². The van der Waals surface area contributed by atoms with Crippen molar-refractivity contribution in [1.29, 1.82) is 0 Å². The fourth-order valence-corrected chi connectivity index (χ4v) is 2.00. The highest BCUT2D eigenvalue weighted by atomic mass is 16.3. The lowest BCUT2D eigenvalue weighted by atomic mass is 9.97. The molecule has 1 heterocycles. The molecule has 3 heteroatoms. The van der Waals surface area contributed by atoms with Crippen molar-refractivity contribution in [3.63, 3.8) is 0 Å². The second kappa shape index (κ2) is 3.41. The lowest BCUT2D eigenvalue weighted by Crippen LogP contribution is -2.31. The van der Waals surface area contributed by atoms with Crippen LogP contribution in [-0.4, -0.2) is 16.6 Å². The Morgan fingerprint density at radius 3 is 2.86 bits per heavy atom. The van der Waals surface area contributed by atoms with Gasteiger partial charge in [0.15, 0.2) is 0 Å². The summed E-state index contributed by atoms with van der Waals surface area (Å²) in [4.78, 5) is 3.29. The number of aromatic nitrogens is 1. The predicted octanol–water partition coefficient (Wildman–Crippen LogP) is 1.06. The van der Waals surface area contributed by atoms with Gasteiger partial charge in [-0.1, -0.05) is 0 Å². The molecule has 2 rings (SSSR count). The van der Waals surface area contributed by atoms with E-state index in [2.05, 4.69) is 11.1 Å². The van der Waals surface area contributed by atoms with Crippen LogP contribution in [-0.2, 0) is 18.4 Å². The monoisotopic (exact) mass is 194 g/mol. The van der Waals surface area contributed by atoms with Crippen molar-refractivity contribution in [2.75, 3.05) is 6.54 Å². The molecule has 1 aromatic heterocycles. The highest BCUT2D eigenvalue weighted by Gasteiger charge is 2.25. The Morgan fingerprint density at radius 2 is 2.21 bits per heavy atom. The molecule has 0 aliphatic heterocycles. The Balaban J connectivity index is 2.32. The molecular formula is C11H18N2O. The smallest absolute Gasteiger partial charge is 0.114 e. The molecule has 0 saturated heterocycles. The van der Waals surface area contributed by atoms with E-state index in [-0.39, 0.29) is 6.54 Å². The minimum atomic E-state index is -0.905. The summed E-state index contributed by atoms with van der Waals surface area (Å²) in [5.74, 6) is 0. The van der Waals surface area contributed by atoms with E-state index < -0.39 is 5.60 Å². The van der Waals surface area contributed by atoms with Crippen LogP contribution in [0, 0.1) is 0 Å². The van der Waals surface area contributed by atoms with Crippen molar-refractivity contribution in [1.82, 2.24) is 4.98 Å². The molecule has 1 aromatic rings. The number of aliphatic hydroxyl groups is 1. The summed E-state index contributed by atoms with van der Waals surface area (Å²) in [5.41, 5.74) is 8.14. The Hall–Kier alpha value is -0.800. The van der Waals surface area contributed by atoms with Crippen LogP contribution in [0.5, 0.6) is 0 Å². The van der Waals surface area contributed by atoms with Crippen LogP contribution in [0.25, 0.3) is 0 Å². The van der Waals surface area contributed by atoms with Crippen LogP contribution in [0.1, 0.15) is 36.7 Å². The number of hydrogen-bond acceptors (Lipinski definition) is 2. The largest absolute Gasteiger partial charge is 0.383 e. The number of aromatic amines is 1. The number of hydrogen-bond donors (Lipinski definition) is 3. The summed E-state index contributed by atoms with van der Waals surface area (Å²) in [6, 6.07) is 2.07. The van der Waals surface area contributed by atoms with Gasteiger partial charge in [0.05, 0.1) is 0 Å². The van der Waals surface area contributed by atoms with Crippen molar-refractivity contribution in [3.05, 3.63) is 23.0 Å². The molecular weight excluding hydrogens is 176 g/mol. The summed E-state index contributed by atoms with van der Waals surface area (Å²) in [5, 5.41) is 9.99. The zero-order valence-corrected chi connectivity index (χ0v) is 8.64. The van der Waals surface area contributed by atoms with Crippen LogP contribution in [0.2, 0.25) is 0 Å². The van der Waals surface area contributed by atoms with Gasteiger partial charge in [0, 0.05) is 17.9 Å². The number of H-pyrrole nitrogens is 1. The van der Waals surface area contributed by atoms with Gasteiger partial charge in [0.25, 0.3) is 0 Å². The zero-order chi connectivity index (χ0) is 10.2. The quantitative estimate of drug-likeness (QED) is 0.659. The number of fused-ring (bicyclic) bond motifs is 1. The summed E-state index contributed by atoms with van der Waals surface area (Å²) < 4.78 is 0. The third-order valence-corrected chi connectivity index (χ3v) is 3.09. The molecule has 0 fully saturated rings. The summed E-state index contributed by atoms with van der Waals surface area (Å²) in [6.45, 7) is 2.01. The topological polar surface area (TPSA) is 62.0 Å². The van der Waals surface area contributed by atoms with Gasteiger partial charge in [-0.2, -0.15) is 0 Å². The second-order valence-electron chi connectivity index (χ2n) is 4.37. The lowest BCUT2D eigenvalue weighted by molar-refractivity contribution is 0.0626. The number of nitrogens with one attached hydrogen (secondary N) is 1. The van der Waals surface area contributed by atoms with Gasteiger partial charge in [-0.05, 0) is 44.2 Å². The van der Waals surface area contributed by atoms with Crippen molar-refractivity contribution in [3.8, 4) is 0 Å². The van der Waals surface area contributed by atoms with Crippen molar-refractivity contribution >= 4 is 0 Å². The first kappa shape index (κ1) is 9.74. The van der Waals surface area contributed by atoms with Gasteiger partial charge < -0.3 is 15.8 Å². The van der Waals surface area contributed by atoms with Gasteiger partial charge in [-0.25, -0.2) is 0 Å². The second-order valence-corrected chi connectivity index (χ2v) is 4.37. The third-order valence-electron chi connectivity index (χ3n) is 3.09. The van der Waals surface area contributed by atoms with E-state index in [0.29, 0.717) is 0 Å². The zero-order valence-electron chi connectivity index (χ0n) is 8.64. The van der Waals surface area contributed by atoms with Crippen LogP contribution >= 0.6 is 0 Å². The first-order valence-electron chi connectivity index (χ1n) is 5.27. The minimum absolute atomic E-state index is 0.256. The SMILES string of the molecule is CC(O)(CN)c1cc2c([nH]1)CCCC2. The molecule has 14 heavy (non-hydrogen) atoms. The van der Waals surface area contributed by atoms with E-state index in [1.165, 1.54) is 24.1 Å². The Bertz CT molecular complexity index is 305. The molecule has 0 spiro atoms. The molecule has 1 unspecified atom stereocenters. The highest BCUT2D eigenvalue weighted by Crippen LogP contribution is 2.26. The van der Waals surface area contributed by atoms with Gasteiger partial charge in [-0.3, -0.25) is 0 Å². The van der Waals surface area contributed by atoms with Crippen molar-refractivity contribution in [2.45, 2.75) is 38.2 Å². The molecule has 4 N–H and O–H groups in total. The highest BCUT2D eigenvalue weighted by molar-refractivity contribution is 5.30. The third kappa shape index (κ3) is 1.57. The van der Waals surface area contributed by atoms with Crippen molar-refractivity contribution < 1.29 is 5.11 Å². The maximum absolute atomic E-state index is 9.99. The van der Waals surface area contributed by atoms with Crippen LogP contribution in [0.15, 0.2) is 6.07 Å². The fraction of sp³-hybridized carbons (Fsp3) is 0.636. The van der Waals surface area contributed by atoms with E-state index in [0.717, 1.165) is 18.5 Å². The van der Waals surface area contributed by atoms with Crippen LogP contribution < -0.4 is 5.73 Å². The lowest BCUT2D eigenvalue weighted by Gasteiger charge is -2.19. The van der Waals surface area contributed by atoms with E-state index in [1.807, 2.05) is 0 Å². The average Bonchev–Trinajstić information content (AvgIpc) is 2.61. The van der Waals surface area contributed by atoms with E-state index in [9.17, 15) is 5.11 Å². The molecule has 0 amide bonds. The van der Waals surface area contributed by atoms with E-state index in [1.54, 1.807) is 6.92 Å². The average molecular weight is 194 g/mol. The Labute approximate surface area is 84.3 Å². The molecule has 0 saturated carbocycles. The first-order valence-corrected chi connectivity index (χ1v) is 5.27. The fourth-order valence-electron chi connectivity index (χ4n) is 2.00. The standard InChI is InChI=1S/C11H18N2O/c1-11(14,7-12)10-6-8-4-2-3-5-9(8)13-10/h6,13-14H,2-5,7,12H2,1H3. The molecule has 1 aliphatic carbocycles. The number of aryl methyl sites for hydroxylation is 2. The first-order chi connectivity index (χ1) is 6.63. The molecule has 3 nitrogen and oxygen atoms in total. The van der Waals surface area contributed by atoms with Gasteiger partial charge in [0.1, 0.15) is 5.60 Å². The molecule has 0 bridgehead atoms. The van der Waals surface area contributed by atoms with Crippen LogP contribution in [0.3, 0.4) is 0 Å². The Morgan fingerprint density at radius 1 is 1.50 bits per heavy atom. The summed E-state index contributed by atoms with van der Waals surface area (Å²) in [7, 11) is 0. The maximum Gasteiger partial charge on any atom is 0.114 e. The Kier molecular flexibility index (Phi) is 2.37. The van der Waals surface area contributed by atoms with Gasteiger partial charge in [0.2, 0.25) is 0 Å². The summed E-state index contributed by atoms with van der Waals surface area (Å²) in [6.07, 6.45) is 4.75. The van der Waals surface area contributed by atoms with E-state index >= 15 is 0 Å². The predicted molar refractivity (Wildman–Crippen MR) is 56.1 cm³/mol. The van der Waals surface area contributed by atoms with Crippen LogP contribution in [0.4, 0.5) is 0 Å². The molecule has 0 aromatic carbocycles. The number of rotatable bonds is 2. The van der Waals surface area contributed by atoms with Gasteiger partial charge in [-0.15, -0.1) is 0 Å². The molecule has 0 radical (unpaired) electrons. The van der Waals surface area contributed by atoms with E-state index in [4.69, 9.17) is 5.73 Å². The number of nitrogens with two attached hydrogens (primary N) is 1. The molecule has 1 atom stereocenters.